The number of anilines is 1. The molecule has 8 heteroatoms. The zero-order valence-corrected chi connectivity index (χ0v) is 16.9. The molecule has 0 saturated heterocycles. The van der Waals surface area contributed by atoms with E-state index in [9.17, 15) is 13.2 Å². The van der Waals surface area contributed by atoms with Gasteiger partial charge in [0.05, 0.1) is 17.6 Å². The predicted octanol–water partition coefficient (Wildman–Crippen LogP) is 2.64. The van der Waals surface area contributed by atoms with Gasteiger partial charge in [-0.05, 0) is 35.7 Å². The van der Waals surface area contributed by atoms with Crippen LogP contribution in [-0.4, -0.2) is 35.5 Å². The highest BCUT2D eigenvalue weighted by atomic mass is 32.2. The third-order valence-corrected chi connectivity index (χ3v) is 6.76. The molecule has 1 N–H and O–H groups in total. The van der Waals surface area contributed by atoms with E-state index in [1.165, 1.54) is 10.4 Å². The molecule has 0 atom stereocenters. The van der Waals surface area contributed by atoms with Crippen molar-refractivity contribution in [3.05, 3.63) is 77.6 Å². The molecule has 4 rings (SSSR count). The van der Waals surface area contributed by atoms with Crippen LogP contribution < -0.4 is 5.32 Å². The smallest absolute Gasteiger partial charge is 0.243 e. The highest BCUT2D eigenvalue weighted by molar-refractivity contribution is 7.89. The van der Waals surface area contributed by atoms with Gasteiger partial charge in [-0.3, -0.25) is 9.48 Å². The van der Waals surface area contributed by atoms with E-state index >= 15 is 0 Å². The fourth-order valence-corrected chi connectivity index (χ4v) is 4.60. The van der Waals surface area contributed by atoms with Crippen LogP contribution in [0.4, 0.5) is 5.69 Å². The molecule has 0 fully saturated rings. The monoisotopic (exact) mass is 410 g/mol. The number of benzene rings is 2. The SMILES string of the molecule is CN(Cc1cnn(Cc2ccccc2)c1)S(=O)(=O)c1ccc2c(c1)CCC(=O)N2. The van der Waals surface area contributed by atoms with Gasteiger partial charge < -0.3 is 5.32 Å². The third-order valence-electron chi connectivity index (χ3n) is 4.96. The molecule has 0 radical (unpaired) electrons. The molecule has 1 aliphatic rings. The first-order valence-electron chi connectivity index (χ1n) is 9.36. The number of nitrogens with one attached hydrogen (secondary N) is 1. The molecular formula is C21H22N4O3S. The first kappa shape index (κ1) is 19.4. The molecule has 0 bridgehead atoms. The van der Waals surface area contributed by atoms with Gasteiger partial charge in [-0.25, -0.2) is 8.42 Å². The minimum absolute atomic E-state index is 0.0438. The Bertz CT molecular complexity index is 1140. The molecule has 3 aromatic rings. The number of hydrogen-bond donors (Lipinski definition) is 1. The number of nitrogens with zero attached hydrogens (tertiary/aromatic N) is 3. The average molecular weight is 410 g/mol. The first-order chi connectivity index (χ1) is 13.9. The molecule has 29 heavy (non-hydrogen) atoms. The Labute approximate surface area is 170 Å². The lowest BCUT2D eigenvalue weighted by atomic mass is 10.0. The van der Waals surface area contributed by atoms with Gasteiger partial charge in [0.2, 0.25) is 15.9 Å². The molecule has 2 heterocycles. The van der Waals surface area contributed by atoms with E-state index in [0.29, 0.717) is 25.1 Å². The lowest BCUT2D eigenvalue weighted by molar-refractivity contribution is -0.116. The van der Waals surface area contributed by atoms with Crippen molar-refractivity contribution < 1.29 is 13.2 Å². The molecule has 150 valence electrons. The second kappa shape index (κ2) is 7.81. The molecular weight excluding hydrogens is 388 g/mol. The Morgan fingerprint density at radius 2 is 1.90 bits per heavy atom. The Balaban J connectivity index is 1.48. The van der Waals surface area contributed by atoms with Gasteiger partial charge >= 0.3 is 0 Å². The van der Waals surface area contributed by atoms with E-state index in [1.54, 1.807) is 30.1 Å². The number of aryl methyl sites for hydroxylation is 1. The van der Waals surface area contributed by atoms with Gasteiger partial charge in [-0.2, -0.15) is 9.40 Å². The average Bonchev–Trinajstić information content (AvgIpc) is 3.15. The van der Waals surface area contributed by atoms with Crippen LogP contribution >= 0.6 is 0 Å². The molecule has 0 spiro atoms. The summed E-state index contributed by atoms with van der Waals surface area (Å²) >= 11 is 0. The zero-order chi connectivity index (χ0) is 20.4. The number of carbonyl (C=O) groups excluding carboxylic acids is 1. The number of hydrogen-bond acceptors (Lipinski definition) is 4. The molecule has 0 aliphatic carbocycles. The van der Waals surface area contributed by atoms with Crippen LogP contribution in [-0.2, 0) is 34.3 Å². The van der Waals surface area contributed by atoms with Crippen LogP contribution in [0.2, 0.25) is 0 Å². The lowest BCUT2D eigenvalue weighted by Gasteiger charge is -2.20. The fraction of sp³-hybridized carbons (Fsp3) is 0.238. The van der Waals surface area contributed by atoms with Crippen LogP contribution in [0.25, 0.3) is 0 Å². The van der Waals surface area contributed by atoms with Gasteiger partial charge in [0, 0.05) is 37.5 Å². The van der Waals surface area contributed by atoms with Gasteiger partial charge in [0.15, 0.2) is 0 Å². The van der Waals surface area contributed by atoms with Crippen molar-refractivity contribution in [3.8, 4) is 0 Å². The van der Waals surface area contributed by atoms with Crippen LogP contribution in [0.15, 0.2) is 65.8 Å². The number of aromatic nitrogens is 2. The Hall–Kier alpha value is -2.97. The zero-order valence-electron chi connectivity index (χ0n) is 16.1. The standard InChI is InChI=1S/C21H22N4O3S/c1-24(13-17-12-22-25(15-17)14-16-5-3-2-4-6-16)29(27,28)19-8-9-20-18(11-19)7-10-21(26)23-20/h2-6,8-9,11-12,15H,7,10,13-14H2,1H3,(H,23,26). The van der Waals surface area contributed by atoms with Crippen molar-refractivity contribution >= 4 is 21.6 Å². The van der Waals surface area contributed by atoms with E-state index in [0.717, 1.165) is 16.7 Å². The number of rotatable bonds is 6. The van der Waals surface area contributed by atoms with E-state index < -0.39 is 10.0 Å². The molecule has 0 saturated carbocycles. The van der Waals surface area contributed by atoms with Gasteiger partial charge in [-0.1, -0.05) is 30.3 Å². The molecule has 1 aromatic heterocycles. The highest BCUT2D eigenvalue weighted by Crippen LogP contribution is 2.27. The van der Waals surface area contributed by atoms with Crippen molar-refractivity contribution in [1.29, 1.82) is 0 Å². The van der Waals surface area contributed by atoms with Crippen molar-refractivity contribution in [1.82, 2.24) is 14.1 Å². The summed E-state index contributed by atoms with van der Waals surface area (Å²) < 4.78 is 29.1. The summed E-state index contributed by atoms with van der Waals surface area (Å²) in [6.45, 7) is 0.860. The topological polar surface area (TPSA) is 84.3 Å². The quantitative estimate of drug-likeness (QED) is 0.677. The van der Waals surface area contributed by atoms with Gasteiger partial charge in [0.1, 0.15) is 0 Å². The van der Waals surface area contributed by atoms with Crippen LogP contribution in [0.1, 0.15) is 23.1 Å². The first-order valence-corrected chi connectivity index (χ1v) is 10.8. The molecule has 1 aliphatic heterocycles. The second-order valence-corrected chi connectivity index (χ2v) is 9.20. The van der Waals surface area contributed by atoms with Crippen LogP contribution in [0.5, 0.6) is 0 Å². The van der Waals surface area contributed by atoms with Gasteiger partial charge in [-0.15, -0.1) is 0 Å². The summed E-state index contributed by atoms with van der Waals surface area (Å²) in [7, 11) is -2.09. The van der Waals surface area contributed by atoms with Crippen molar-refractivity contribution in [3.63, 3.8) is 0 Å². The summed E-state index contributed by atoms with van der Waals surface area (Å²) in [6.07, 6.45) is 4.46. The van der Waals surface area contributed by atoms with E-state index in [-0.39, 0.29) is 17.3 Å². The highest BCUT2D eigenvalue weighted by Gasteiger charge is 2.24. The van der Waals surface area contributed by atoms with E-state index in [2.05, 4.69) is 10.4 Å². The number of amides is 1. The van der Waals surface area contributed by atoms with Crippen LogP contribution in [0.3, 0.4) is 0 Å². The summed E-state index contributed by atoms with van der Waals surface area (Å²) in [5.41, 5.74) is 3.47. The third kappa shape index (κ3) is 4.23. The summed E-state index contributed by atoms with van der Waals surface area (Å²) in [5, 5.41) is 7.11. The van der Waals surface area contributed by atoms with Crippen molar-refractivity contribution in [2.45, 2.75) is 30.8 Å². The minimum Gasteiger partial charge on any atom is -0.326 e. The summed E-state index contributed by atoms with van der Waals surface area (Å²) in [4.78, 5) is 11.7. The Morgan fingerprint density at radius 1 is 1.10 bits per heavy atom. The van der Waals surface area contributed by atoms with Crippen molar-refractivity contribution in [2.75, 3.05) is 12.4 Å². The van der Waals surface area contributed by atoms with Gasteiger partial charge in [0.25, 0.3) is 0 Å². The maximum absolute atomic E-state index is 13.0. The number of fused-ring (bicyclic) bond motifs is 1. The largest absolute Gasteiger partial charge is 0.326 e. The predicted molar refractivity (Wildman–Crippen MR) is 110 cm³/mol. The molecule has 0 unspecified atom stereocenters. The van der Waals surface area contributed by atoms with Crippen molar-refractivity contribution in [2.24, 2.45) is 0 Å². The Kier molecular flexibility index (Phi) is 5.21. The maximum atomic E-state index is 13.0. The van der Waals surface area contributed by atoms with Crippen LogP contribution in [0, 0.1) is 0 Å². The fourth-order valence-electron chi connectivity index (χ4n) is 3.39. The number of carbonyl (C=O) groups is 1. The summed E-state index contributed by atoms with van der Waals surface area (Å²) in [6, 6.07) is 14.8. The Morgan fingerprint density at radius 3 is 2.69 bits per heavy atom. The second-order valence-electron chi connectivity index (χ2n) is 7.16. The molecule has 7 nitrogen and oxygen atoms in total. The van der Waals surface area contributed by atoms with E-state index in [4.69, 9.17) is 0 Å². The molecule has 1 amide bonds. The lowest BCUT2D eigenvalue weighted by Crippen LogP contribution is -2.27. The maximum Gasteiger partial charge on any atom is 0.243 e. The normalized spacial score (nSPS) is 13.9. The van der Waals surface area contributed by atoms with E-state index in [1.807, 2.05) is 36.5 Å². The number of sulfonamides is 1. The summed E-state index contributed by atoms with van der Waals surface area (Å²) in [5.74, 6) is -0.0438. The minimum atomic E-state index is -3.65. The molecule has 2 aromatic carbocycles.